The Hall–Kier alpha value is -2.70. The number of piperidine rings is 1. The van der Waals surface area contributed by atoms with E-state index in [9.17, 15) is 13.2 Å². The lowest BCUT2D eigenvalue weighted by Gasteiger charge is -2.33. The van der Waals surface area contributed by atoms with Gasteiger partial charge in [-0.25, -0.2) is 8.42 Å². The van der Waals surface area contributed by atoms with Crippen LogP contribution in [0.4, 0.5) is 5.69 Å². The smallest absolute Gasteiger partial charge is 0.243 e. The van der Waals surface area contributed by atoms with Gasteiger partial charge in [0.05, 0.1) is 4.90 Å². The number of hydrogen-bond donors (Lipinski definition) is 1. The Bertz CT molecular complexity index is 1100. The molecule has 1 atom stereocenters. The number of nitrogens with zero attached hydrogens (tertiary/aromatic N) is 1. The number of carbonyl (C=O) groups excluding carboxylic acids is 1. The number of anilines is 1. The number of carbonyl (C=O) groups is 1. The van der Waals surface area contributed by atoms with E-state index in [-0.39, 0.29) is 10.8 Å². The minimum atomic E-state index is -3.71. The van der Waals surface area contributed by atoms with Gasteiger partial charge in [-0.05, 0) is 47.9 Å². The average molecular weight is 394 g/mol. The summed E-state index contributed by atoms with van der Waals surface area (Å²) in [4.78, 5) is 13.2. The maximum Gasteiger partial charge on any atom is 0.243 e. The minimum absolute atomic E-state index is 0.223. The first-order chi connectivity index (χ1) is 13.6. The summed E-state index contributed by atoms with van der Waals surface area (Å²) in [5, 5.41) is 5.03. The Labute approximate surface area is 165 Å². The van der Waals surface area contributed by atoms with Crippen LogP contribution in [0.5, 0.6) is 0 Å². The molecule has 144 valence electrons. The van der Waals surface area contributed by atoms with E-state index in [2.05, 4.69) is 5.32 Å². The summed E-state index contributed by atoms with van der Waals surface area (Å²) in [7, 11) is -3.71. The van der Waals surface area contributed by atoms with E-state index in [0.717, 1.165) is 23.6 Å². The monoisotopic (exact) mass is 394 g/mol. The number of fused-ring (bicyclic) bond motifs is 1. The standard InChI is InChI=1S/C22H22N2O3S/c25-22(23-19-14-13-17-8-4-5-9-18(17)16-19)21-12-6-7-15-24(21)28(26,27)20-10-2-1-3-11-20/h1-5,8-11,13-14,16,21H,6-7,12,15H2,(H,23,25)/t21-/m1/s1. The molecular weight excluding hydrogens is 372 g/mol. The van der Waals surface area contributed by atoms with Crippen LogP contribution in [0.2, 0.25) is 0 Å². The molecule has 3 aromatic carbocycles. The molecule has 0 saturated carbocycles. The molecule has 28 heavy (non-hydrogen) atoms. The molecule has 5 nitrogen and oxygen atoms in total. The van der Waals surface area contributed by atoms with Crippen LogP contribution < -0.4 is 5.32 Å². The molecule has 1 aliphatic heterocycles. The first kappa shape index (κ1) is 18.7. The van der Waals surface area contributed by atoms with Crippen molar-refractivity contribution in [3.63, 3.8) is 0 Å². The quantitative estimate of drug-likeness (QED) is 0.727. The van der Waals surface area contributed by atoms with Crippen LogP contribution in [-0.4, -0.2) is 31.2 Å². The van der Waals surface area contributed by atoms with E-state index in [0.29, 0.717) is 18.7 Å². The molecule has 0 aliphatic carbocycles. The Morgan fingerprint density at radius 3 is 2.39 bits per heavy atom. The van der Waals surface area contributed by atoms with Gasteiger partial charge in [-0.1, -0.05) is 55.0 Å². The minimum Gasteiger partial charge on any atom is -0.325 e. The second-order valence-corrected chi connectivity index (χ2v) is 8.88. The summed E-state index contributed by atoms with van der Waals surface area (Å²) in [6, 6.07) is 21.2. The number of hydrogen-bond acceptors (Lipinski definition) is 3. The summed E-state index contributed by atoms with van der Waals surface area (Å²) >= 11 is 0. The second-order valence-electron chi connectivity index (χ2n) is 6.99. The molecule has 0 spiro atoms. The summed E-state index contributed by atoms with van der Waals surface area (Å²) < 4.78 is 27.5. The summed E-state index contributed by atoms with van der Waals surface area (Å²) in [6.45, 7) is 0.354. The molecule has 0 aromatic heterocycles. The zero-order valence-corrected chi connectivity index (χ0v) is 16.2. The lowest BCUT2D eigenvalue weighted by atomic mass is 10.0. The van der Waals surface area contributed by atoms with Gasteiger partial charge in [0.1, 0.15) is 6.04 Å². The van der Waals surface area contributed by atoms with Gasteiger partial charge in [-0.3, -0.25) is 4.79 Å². The van der Waals surface area contributed by atoms with E-state index >= 15 is 0 Å². The van der Waals surface area contributed by atoms with Crippen LogP contribution in [0.15, 0.2) is 77.7 Å². The molecule has 0 unspecified atom stereocenters. The summed E-state index contributed by atoms with van der Waals surface area (Å²) in [6.07, 6.45) is 2.11. The predicted octanol–water partition coefficient (Wildman–Crippen LogP) is 4.02. The van der Waals surface area contributed by atoms with Crippen molar-refractivity contribution >= 4 is 32.4 Å². The van der Waals surface area contributed by atoms with E-state index < -0.39 is 16.1 Å². The predicted molar refractivity (Wildman–Crippen MR) is 111 cm³/mol. The number of benzene rings is 3. The molecule has 0 radical (unpaired) electrons. The normalized spacial score (nSPS) is 18.1. The molecule has 4 rings (SSSR count). The van der Waals surface area contributed by atoms with Crippen molar-refractivity contribution in [3.05, 3.63) is 72.8 Å². The zero-order chi connectivity index (χ0) is 19.6. The number of rotatable bonds is 4. The van der Waals surface area contributed by atoms with E-state index in [1.807, 2.05) is 42.5 Å². The number of amides is 1. The van der Waals surface area contributed by atoms with E-state index in [4.69, 9.17) is 0 Å². The fourth-order valence-electron chi connectivity index (χ4n) is 3.68. The van der Waals surface area contributed by atoms with Gasteiger partial charge in [0.2, 0.25) is 15.9 Å². The highest BCUT2D eigenvalue weighted by molar-refractivity contribution is 7.89. The van der Waals surface area contributed by atoms with Gasteiger partial charge in [-0.15, -0.1) is 0 Å². The van der Waals surface area contributed by atoms with E-state index in [1.54, 1.807) is 30.3 Å². The van der Waals surface area contributed by atoms with Gasteiger partial charge in [0, 0.05) is 12.2 Å². The van der Waals surface area contributed by atoms with Crippen molar-refractivity contribution in [1.82, 2.24) is 4.31 Å². The molecule has 3 aromatic rings. The number of sulfonamides is 1. The third kappa shape index (κ3) is 3.66. The highest BCUT2D eigenvalue weighted by Crippen LogP contribution is 2.27. The molecule has 1 heterocycles. The third-order valence-electron chi connectivity index (χ3n) is 5.12. The molecule has 1 fully saturated rings. The van der Waals surface area contributed by atoms with Gasteiger partial charge in [0.25, 0.3) is 0 Å². The summed E-state index contributed by atoms with van der Waals surface area (Å²) in [5.41, 5.74) is 0.673. The average Bonchev–Trinajstić information content (AvgIpc) is 2.74. The molecule has 1 aliphatic rings. The van der Waals surface area contributed by atoms with Crippen LogP contribution in [-0.2, 0) is 14.8 Å². The Balaban J connectivity index is 1.59. The van der Waals surface area contributed by atoms with Crippen molar-refractivity contribution in [1.29, 1.82) is 0 Å². The van der Waals surface area contributed by atoms with Crippen LogP contribution in [0, 0.1) is 0 Å². The molecule has 6 heteroatoms. The van der Waals surface area contributed by atoms with Crippen molar-refractivity contribution in [2.75, 3.05) is 11.9 Å². The lowest BCUT2D eigenvalue weighted by Crippen LogP contribution is -2.49. The van der Waals surface area contributed by atoms with Gasteiger partial charge in [0.15, 0.2) is 0 Å². The lowest BCUT2D eigenvalue weighted by molar-refractivity contribution is -0.120. The van der Waals surface area contributed by atoms with Gasteiger partial charge >= 0.3 is 0 Å². The maximum absolute atomic E-state index is 13.1. The van der Waals surface area contributed by atoms with Crippen LogP contribution in [0.1, 0.15) is 19.3 Å². The number of nitrogens with one attached hydrogen (secondary N) is 1. The van der Waals surface area contributed by atoms with Crippen molar-refractivity contribution in [3.8, 4) is 0 Å². The van der Waals surface area contributed by atoms with Crippen molar-refractivity contribution < 1.29 is 13.2 Å². The Morgan fingerprint density at radius 2 is 1.61 bits per heavy atom. The molecular formula is C22H22N2O3S. The topological polar surface area (TPSA) is 66.5 Å². The highest BCUT2D eigenvalue weighted by atomic mass is 32.2. The maximum atomic E-state index is 13.1. The van der Waals surface area contributed by atoms with Crippen LogP contribution in [0.25, 0.3) is 10.8 Å². The third-order valence-corrected chi connectivity index (χ3v) is 7.05. The van der Waals surface area contributed by atoms with Crippen LogP contribution >= 0.6 is 0 Å². The SMILES string of the molecule is O=C(Nc1ccc2ccccc2c1)[C@H]1CCCCN1S(=O)(=O)c1ccccc1. The summed E-state index contributed by atoms with van der Waals surface area (Å²) in [5.74, 6) is -0.283. The molecule has 1 amide bonds. The zero-order valence-electron chi connectivity index (χ0n) is 15.4. The van der Waals surface area contributed by atoms with Gasteiger partial charge in [-0.2, -0.15) is 4.31 Å². The van der Waals surface area contributed by atoms with Crippen molar-refractivity contribution in [2.24, 2.45) is 0 Å². The fraction of sp³-hybridized carbons (Fsp3) is 0.227. The Morgan fingerprint density at radius 1 is 0.893 bits per heavy atom. The Kier molecular flexibility index (Phi) is 5.15. The highest BCUT2D eigenvalue weighted by Gasteiger charge is 2.37. The van der Waals surface area contributed by atoms with Gasteiger partial charge < -0.3 is 5.32 Å². The van der Waals surface area contributed by atoms with Crippen molar-refractivity contribution in [2.45, 2.75) is 30.2 Å². The first-order valence-corrected chi connectivity index (χ1v) is 10.9. The molecule has 1 saturated heterocycles. The molecule has 0 bridgehead atoms. The molecule has 1 N–H and O–H groups in total. The van der Waals surface area contributed by atoms with Crippen LogP contribution in [0.3, 0.4) is 0 Å². The second kappa shape index (κ2) is 7.73. The fourth-order valence-corrected chi connectivity index (χ4v) is 5.35. The van der Waals surface area contributed by atoms with E-state index in [1.165, 1.54) is 4.31 Å². The first-order valence-electron chi connectivity index (χ1n) is 9.42. The largest absolute Gasteiger partial charge is 0.325 e.